The lowest BCUT2D eigenvalue weighted by atomic mass is 10.2. The van der Waals surface area contributed by atoms with Gasteiger partial charge < -0.3 is 4.57 Å². The summed E-state index contributed by atoms with van der Waals surface area (Å²) < 4.78 is 15.5. The highest BCUT2D eigenvalue weighted by molar-refractivity contribution is 7.07. The van der Waals surface area contributed by atoms with Crippen LogP contribution in [0.25, 0.3) is 10.9 Å². The fourth-order valence-electron chi connectivity index (χ4n) is 1.90. The van der Waals surface area contributed by atoms with E-state index in [1.807, 2.05) is 18.3 Å². The molecule has 16 heavy (non-hydrogen) atoms. The van der Waals surface area contributed by atoms with Crippen LogP contribution in [-0.2, 0) is 6.54 Å². The van der Waals surface area contributed by atoms with Crippen LogP contribution < -0.4 is 0 Å². The fourth-order valence-corrected chi connectivity index (χ4v) is 2.56. The van der Waals surface area contributed by atoms with E-state index in [0.717, 1.165) is 12.1 Å². The monoisotopic (exact) mass is 231 g/mol. The number of hydrogen-bond donors (Lipinski definition) is 0. The second kappa shape index (κ2) is 3.76. The summed E-state index contributed by atoms with van der Waals surface area (Å²) in [6, 6.07) is 9.12. The topological polar surface area (TPSA) is 4.93 Å². The van der Waals surface area contributed by atoms with Crippen molar-refractivity contribution in [1.82, 2.24) is 4.57 Å². The molecular formula is C13H10FNS. The Morgan fingerprint density at radius 1 is 1.19 bits per heavy atom. The highest BCUT2D eigenvalue weighted by atomic mass is 32.1. The first-order valence-corrected chi connectivity index (χ1v) is 6.03. The SMILES string of the molecule is Fc1cccc2c1ccn2Cc1ccsc1. The molecule has 80 valence electrons. The number of thiophene rings is 1. The molecule has 0 atom stereocenters. The molecule has 0 N–H and O–H groups in total. The van der Waals surface area contributed by atoms with E-state index in [4.69, 9.17) is 0 Å². The Bertz CT molecular complexity index is 610. The molecule has 0 saturated carbocycles. The first-order chi connectivity index (χ1) is 7.84. The van der Waals surface area contributed by atoms with E-state index in [0.29, 0.717) is 5.39 Å². The lowest BCUT2D eigenvalue weighted by molar-refractivity contribution is 0.639. The Morgan fingerprint density at radius 3 is 2.94 bits per heavy atom. The van der Waals surface area contributed by atoms with Gasteiger partial charge in [-0.2, -0.15) is 11.3 Å². The molecule has 0 amide bonds. The van der Waals surface area contributed by atoms with Gasteiger partial charge in [0, 0.05) is 18.1 Å². The van der Waals surface area contributed by atoms with Crippen LogP contribution in [0.4, 0.5) is 4.39 Å². The summed E-state index contributed by atoms with van der Waals surface area (Å²) in [5.74, 6) is -0.151. The third-order valence-corrected chi connectivity index (χ3v) is 3.43. The lowest BCUT2D eigenvalue weighted by Gasteiger charge is -2.03. The zero-order valence-corrected chi connectivity index (χ0v) is 9.38. The Balaban J connectivity index is 2.08. The molecule has 3 aromatic rings. The number of benzene rings is 1. The smallest absolute Gasteiger partial charge is 0.132 e. The van der Waals surface area contributed by atoms with Gasteiger partial charge in [-0.1, -0.05) is 6.07 Å². The van der Waals surface area contributed by atoms with Crippen LogP contribution >= 0.6 is 11.3 Å². The van der Waals surface area contributed by atoms with Crippen LogP contribution in [0.1, 0.15) is 5.56 Å². The van der Waals surface area contributed by atoms with Gasteiger partial charge in [-0.05, 0) is 40.6 Å². The molecular weight excluding hydrogens is 221 g/mol. The summed E-state index contributed by atoms with van der Waals surface area (Å²) in [4.78, 5) is 0. The van der Waals surface area contributed by atoms with Crippen LogP contribution in [0.15, 0.2) is 47.3 Å². The molecule has 0 radical (unpaired) electrons. The van der Waals surface area contributed by atoms with Crippen molar-refractivity contribution in [2.45, 2.75) is 6.54 Å². The van der Waals surface area contributed by atoms with Crippen molar-refractivity contribution in [3.05, 3.63) is 58.7 Å². The summed E-state index contributed by atoms with van der Waals surface area (Å²) in [7, 11) is 0. The predicted molar refractivity (Wildman–Crippen MR) is 65.3 cm³/mol. The molecule has 0 bridgehead atoms. The maximum absolute atomic E-state index is 13.5. The number of aromatic nitrogens is 1. The minimum absolute atomic E-state index is 0.151. The lowest BCUT2D eigenvalue weighted by Crippen LogP contribution is -1.96. The largest absolute Gasteiger partial charge is 0.343 e. The number of fused-ring (bicyclic) bond motifs is 1. The van der Waals surface area contributed by atoms with Gasteiger partial charge in [0.25, 0.3) is 0 Å². The molecule has 0 aliphatic heterocycles. The maximum Gasteiger partial charge on any atom is 0.132 e. The maximum atomic E-state index is 13.5. The van der Waals surface area contributed by atoms with Crippen molar-refractivity contribution < 1.29 is 4.39 Å². The summed E-state index contributed by atoms with van der Waals surface area (Å²) in [6.07, 6.45) is 1.94. The molecule has 0 fully saturated rings. The fraction of sp³-hybridized carbons (Fsp3) is 0.0769. The van der Waals surface area contributed by atoms with Crippen LogP contribution in [0.2, 0.25) is 0 Å². The van der Waals surface area contributed by atoms with E-state index < -0.39 is 0 Å². The minimum Gasteiger partial charge on any atom is -0.343 e. The number of hydrogen-bond acceptors (Lipinski definition) is 1. The Morgan fingerprint density at radius 2 is 2.12 bits per heavy atom. The Kier molecular flexibility index (Phi) is 2.26. The van der Waals surface area contributed by atoms with E-state index >= 15 is 0 Å². The summed E-state index contributed by atoms with van der Waals surface area (Å²) >= 11 is 1.68. The van der Waals surface area contributed by atoms with E-state index in [1.165, 1.54) is 11.6 Å². The normalized spacial score (nSPS) is 11.1. The zero-order chi connectivity index (χ0) is 11.0. The van der Waals surface area contributed by atoms with Gasteiger partial charge in [-0.15, -0.1) is 0 Å². The van der Waals surface area contributed by atoms with Crippen molar-refractivity contribution in [2.75, 3.05) is 0 Å². The van der Waals surface area contributed by atoms with Crippen LogP contribution in [0, 0.1) is 5.82 Å². The van der Waals surface area contributed by atoms with Crippen molar-refractivity contribution in [1.29, 1.82) is 0 Å². The average Bonchev–Trinajstić information content (AvgIpc) is 2.90. The Hall–Kier alpha value is -1.61. The molecule has 0 saturated heterocycles. The summed E-state index contributed by atoms with van der Waals surface area (Å²) in [5.41, 5.74) is 2.21. The van der Waals surface area contributed by atoms with Gasteiger partial charge in [0.15, 0.2) is 0 Å². The molecule has 0 aliphatic carbocycles. The molecule has 2 heterocycles. The number of rotatable bonds is 2. The molecule has 0 unspecified atom stereocenters. The molecule has 1 aromatic carbocycles. The van der Waals surface area contributed by atoms with Gasteiger partial charge in [-0.25, -0.2) is 4.39 Å². The third-order valence-electron chi connectivity index (χ3n) is 2.69. The minimum atomic E-state index is -0.151. The zero-order valence-electron chi connectivity index (χ0n) is 8.56. The first kappa shape index (κ1) is 9.60. The molecule has 2 aromatic heterocycles. The van der Waals surface area contributed by atoms with Crippen molar-refractivity contribution >= 4 is 22.2 Å². The quantitative estimate of drug-likeness (QED) is 0.630. The van der Waals surface area contributed by atoms with Crippen molar-refractivity contribution in [3.8, 4) is 0 Å². The molecule has 3 heteroatoms. The third kappa shape index (κ3) is 1.53. The molecule has 0 aliphatic rings. The summed E-state index contributed by atoms with van der Waals surface area (Å²) in [5, 5.41) is 4.87. The van der Waals surface area contributed by atoms with Crippen LogP contribution in [-0.4, -0.2) is 4.57 Å². The average molecular weight is 231 g/mol. The van der Waals surface area contributed by atoms with E-state index in [1.54, 1.807) is 17.4 Å². The molecule has 1 nitrogen and oxygen atoms in total. The van der Waals surface area contributed by atoms with Gasteiger partial charge in [0.1, 0.15) is 5.82 Å². The van der Waals surface area contributed by atoms with E-state index in [9.17, 15) is 4.39 Å². The van der Waals surface area contributed by atoms with Crippen LogP contribution in [0.5, 0.6) is 0 Å². The Labute approximate surface area is 96.8 Å². The summed E-state index contributed by atoms with van der Waals surface area (Å²) in [6.45, 7) is 0.802. The highest BCUT2D eigenvalue weighted by Gasteiger charge is 2.05. The second-order valence-corrected chi connectivity index (χ2v) is 4.53. The second-order valence-electron chi connectivity index (χ2n) is 3.75. The molecule has 0 spiro atoms. The van der Waals surface area contributed by atoms with Gasteiger partial charge in [0.2, 0.25) is 0 Å². The van der Waals surface area contributed by atoms with Gasteiger partial charge >= 0.3 is 0 Å². The highest BCUT2D eigenvalue weighted by Crippen LogP contribution is 2.20. The number of halogens is 1. The molecule has 3 rings (SSSR count). The van der Waals surface area contributed by atoms with E-state index in [-0.39, 0.29) is 5.82 Å². The number of nitrogens with zero attached hydrogens (tertiary/aromatic N) is 1. The predicted octanol–water partition coefficient (Wildman–Crippen LogP) is 3.89. The van der Waals surface area contributed by atoms with Gasteiger partial charge in [-0.3, -0.25) is 0 Å². The van der Waals surface area contributed by atoms with Crippen LogP contribution in [0.3, 0.4) is 0 Å². The standard InChI is InChI=1S/C13H10FNS/c14-12-2-1-3-13-11(12)4-6-15(13)8-10-5-7-16-9-10/h1-7,9H,8H2. The first-order valence-electron chi connectivity index (χ1n) is 5.09. The van der Waals surface area contributed by atoms with Crippen molar-refractivity contribution in [2.24, 2.45) is 0 Å². The van der Waals surface area contributed by atoms with Gasteiger partial charge in [0.05, 0.1) is 5.52 Å². The van der Waals surface area contributed by atoms with Crippen molar-refractivity contribution in [3.63, 3.8) is 0 Å². The van der Waals surface area contributed by atoms with E-state index in [2.05, 4.69) is 21.4 Å².